The Morgan fingerprint density at radius 1 is 1.33 bits per heavy atom. The molecule has 0 spiro atoms. The monoisotopic (exact) mass is 409 g/mol. The van der Waals surface area contributed by atoms with E-state index in [-0.39, 0.29) is 23.0 Å². The van der Waals surface area contributed by atoms with Gasteiger partial charge < -0.3 is 0 Å². The molecule has 10 nitrogen and oxygen atoms in total. The van der Waals surface area contributed by atoms with E-state index in [9.17, 15) is 14.9 Å². The van der Waals surface area contributed by atoms with Crippen molar-refractivity contribution in [1.82, 2.24) is 24.5 Å². The summed E-state index contributed by atoms with van der Waals surface area (Å²) in [6, 6.07) is 5.07. The smallest absolute Gasteiger partial charge is 0.288 e. The first-order valence-electron chi connectivity index (χ1n) is 7.59. The molecule has 27 heavy (non-hydrogen) atoms. The van der Waals surface area contributed by atoms with Crippen LogP contribution in [0.2, 0.25) is 10.0 Å². The number of nitro groups is 1. The molecule has 3 rings (SSSR count). The largest absolute Gasteiger partial charge is 0.322 e. The van der Waals surface area contributed by atoms with Crippen LogP contribution in [0.15, 0.2) is 24.5 Å². The topological polar surface area (TPSA) is 121 Å². The Kier molecular flexibility index (Phi) is 5.10. The molecule has 12 heteroatoms. The van der Waals surface area contributed by atoms with Crippen molar-refractivity contribution in [2.75, 3.05) is 5.32 Å². The fourth-order valence-corrected chi connectivity index (χ4v) is 3.00. The van der Waals surface area contributed by atoms with E-state index in [4.69, 9.17) is 23.2 Å². The Labute approximate surface area is 162 Å². The van der Waals surface area contributed by atoms with E-state index < -0.39 is 10.8 Å². The Balaban J connectivity index is 1.78. The minimum Gasteiger partial charge on any atom is -0.288 e. The fourth-order valence-electron chi connectivity index (χ4n) is 2.53. The summed E-state index contributed by atoms with van der Waals surface area (Å²) in [5, 5.41) is 22.7. The third-order valence-corrected chi connectivity index (χ3v) is 4.28. The lowest BCUT2D eigenvalue weighted by Gasteiger charge is -2.04. The molecular weight excluding hydrogens is 397 g/mol. The average molecular weight is 410 g/mol. The average Bonchev–Trinajstić information content (AvgIpc) is 3.13. The molecule has 0 radical (unpaired) electrons. The SMILES string of the molecule is Cc1nn(C)c(C(=O)Nc2ncn(Cc3ccc(Cl)cc3Cl)n2)c1[N+](=O)[O-]. The number of halogens is 2. The number of nitrogens with one attached hydrogen (secondary N) is 1. The maximum absolute atomic E-state index is 12.4. The minimum absolute atomic E-state index is 0.00163. The zero-order valence-corrected chi connectivity index (χ0v) is 15.7. The Hall–Kier alpha value is -2.98. The normalized spacial score (nSPS) is 10.8. The summed E-state index contributed by atoms with van der Waals surface area (Å²) in [4.78, 5) is 27.0. The number of rotatable bonds is 5. The molecule has 1 amide bonds. The van der Waals surface area contributed by atoms with Crippen molar-refractivity contribution in [1.29, 1.82) is 0 Å². The number of aryl methyl sites for hydroxylation is 2. The van der Waals surface area contributed by atoms with Crippen molar-refractivity contribution in [3.8, 4) is 0 Å². The van der Waals surface area contributed by atoms with Gasteiger partial charge in [-0.3, -0.25) is 24.9 Å². The summed E-state index contributed by atoms with van der Waals surface area (Å²) in [6.07, 6.45) is 1.41. The second-order valence-electron chi connectivity index (χ2n) is 5.62. The minimum atomic E-state index is -0.730. The molecule has 3 aromatic rings. The van der Waals surface area contributed by atoms with Crippen LogP contribution in [-0.2, 0) is 13.6 Å². The van der Waals surface area contributed by atoms with Gasteiger partial charge in [0, 0.05) is 17.1 Å². The van der Waals surface area contributed by atoms with Crippen LogP contribution in [0, 0.1) is 17.0 Å². The molecule has 140 valence electrons. The number of amides is 1. The molecule has 1 aromatic carbocycles. The van der Waals surface area contributed by atoms with Gasteiger partial charge in [0.05, 0.1) is 11.5 Å². The van der Waals surface area contributed by atoms with E-state index in [0.717, 1.165) is 10.2 Å². The Morgan fingerprint density at radius 2 is 2.07 bits per heavy atom. The number of hydrogen-bond acceptors (Lipinski definition) is 6. The second-order valence-corrected chi connectivity index (χ2v) is 6.46. The van der Waals surface area contributed by atoms with E-state index >= 15 is 0 Å². The lowest BCUT2D eigenvalue weighted by Crippen LogP contribution is -2.18. The molecule has 0 atom stereocenters. The van der Waals surface area contributed by atoms with Gasteiger partial charge in [-0.15, -0.1) is 5.10 Å². The van der Waals surface area contributed by atoms with Crippen molar-refractivity contribution < 1.29 is 9.72 Å². The van der Waals surface area contributed by atoms with Crippen LogP contribution in [0.3, 0.4) is 0 Å². The standard InChI is InChI=1S/C15H13Cl2N7O3/c1-8-12(24(26)27)13(22(2)20-8)14(25)19-15-18-7-23(21-15)6-9-3-4-10(16)5-11(9)17/h3-5,7H,6H2,1-2H3,(H,19,21,25). The van der Waals surface area contributed by atoms with Crippen LogP contribution in [0.4, 0.5) is 11.6 Å². The molecule has 0 aliphatic heterocycles. The predicted molar refractivity (Wildman–Crippen MR) is 98.1 cm³/mol. The van der Waals surface area contributed by atoms with Gasteiger partial charge in [0.2, 0.25) is 11.6 Å². The zero-order valence-electron chi connectivity index (χ0n) is 14.2. The van der Waals surface area contributed by atoms with Gasteiger partial charge in [-0.2, -0.15) is 5.10 Å². The second kappa shape index (κ2) is 7.33. The number of carbonyl (C=O) groups excluding carboxylic acids is 1. The number of carbonyl (C=O) groups is 1. The Bertz CT molecular complexity index is 1040. The quantitative estimate of drug-likeness (QED) is 0.510. The molecule has 0 unspecified atom stereocenters. The van der Waals surface area contributed by atoms with Crippen molar-refractivity contribution in [3.05, 3.63) is 61.6 Å². The van der Waals surface area contributed by atoms with Crippen molar-refractivity contribution >= 4 is 40.7 Å². The van der Waals surface area contributed by atoms with E-state index in [1.54, 1.807) is 18.2 Å². The van der Waals surface area contributed by atoms with Crippen LogP contribution in [0.5, 0.6) is 0 Å². The number of hydrogen-bond donors (Lipinski definition) is 1. The first kappa shape index (κ1) is 18.8. The molecule has 0 bridgehead atoms. The van der Waals surface area contributed by atoms with E-state index in [1.165, 1.54) is 25.0 Å². The maximum atomic E-state index is 12.4. The van der Waals surface area contributed by atoms with E-state index in [1.807, 2.05) is 0 Å². The fraction of sp³-hybridized carbons (Fsp3) is 0.200. The molecule has 0 fully saturated rings. The van der Waals surface area contributed by atoms with Crippen LogP contribution in [0.1, 0.15) is 21.7 Å². The van der Waals surface area contributed by atoms with Crippen molar-refractivity contribution in [2.45, 2.75) is 13.5 Å². The Morgan fingerprint density at radius 3 is 2.74 bits per heavy atom. The first-order chi connectivity index (χ1) is 12.8. The molecule has 2 aromatic heterocycles. The predicted octanol–water partition coefficient (Wildman–Crippen LogP) is 2.84. The van der Waals surface area contributed by atoms with Crippen LogP contribution >= 0.6 is 23.2 Å². The number of aromatic nitrogens is 5. The maximum Gasteiger partial charge on any atom is 0.322 e. The van der Waals surface area contributed by atoms with Crippen molar-refractivity contribution in [2.24, 2.45) is 7.05 Å². The first-order valence-corrected chi connectivity index (χ1v) is 8.34. The lowest BCUT2D eigenvalue weighted by atomic mass is 10.2. The van der Waals surface area contributed by atoms with Gasteiger partial charge in [0.25, 0.3) is 5.91 Å². The summed E-state index contributed by atoms with van der Waals surface area (Å²) < 4.78 is 2.61. The molecule has 0 saturated heterocycles. The van der Waals surface area contributed by atoms with Crippen LogP contribution < -0.4 is 5.32 Å². The van der Waals surface area contributed by atoms with Gasteiger partial charge in [0.15, 0.2) is 0 Å². The van der Waals surface area contributed by atoms with Gasteiger partial charge in [-0.05, 0) is 24.6 Å². The van der Waals surface area contributed by atoms with Gasteiger partial charge in [0.1, 0.15) is 12.0 Å². The summed E-state index contributed by atoms with van der Waals surface area (Å²) in [7, 11) is 1.45. The number of anilines is 1. The highest BCUT2D eigenvalue weighted by atomic mass is 35.5. The number of benzene rings is 1. The summed E-state index contributed by atoms with van der Waals surface area (Å²) >= 11 is 12.0. The summed E-state index contributed by atoms with van der Waals surface area (Å²) in [5.74, 6) is -0.731. The highest BCUT2D eigenvalue weighted by Gasteiger charge is 2.29. The highest BCUT2D eigenvalue weighted by Crippen LogP contribution is 2.23. The molecule has 0 aliphatic rings. The van der Waals surface area contributed by atoms with E-state index in [2.05, 4.69) is 20.5 Å². The third kappa shape index (κ3) is 3.91. The molecule has 2 heterocycles. The van der Waals surface area contributed by atoms with E-state index in [0.29, 0.717) is 16.6 Å². The van der Waals surface area contributed by atoms with Gasteiger partial charge in [-0.25, -0.2) is 9.67 Å². The van der Waals surface area contributed by atoms with Crippen molar-refractivity contribution in [3.63, 3.8) is 0 Å². The van der Waals surface area contributed by atoms with Gasteiger partial charge >= 0.3 is 5.69 Å². The molecule has 0 saturated carbocycles. The summed E-state index contributed by atoms with van der Waals surface area (Å²) in [5.41, 5.74) is 0.363. The molecule has 1 N–H and O–H groups in total. The van der Waals surface area contributed by atoms with Gasteiger partial charge in [-0.1, -0.05) is 29.3 Å². The van der Waals surface area contributed by atoms with Crippen LogP contribution in [0.25, 0.3) is 0 Å². The molecule has 0 aliphatic carbocycles. The lowest BCUT2D eigenvalue weighted by molar-refractivity contribution is -0.385. The number of nitrogens with zero attached hydrogens (tertiary/aromatic N) is 6. The highest BCUT2D eigenvalue weighted by molar-refractivity contribution is 6.35. The van der Waals surface area contributed by atoms with Crippen LogP contribution in [-0.4, -0.2) is 35.4 Å². The summed E-state index contributed by atoms with van der Waals surface area (Å²) in [6.45, 7) is 1.77. The third-order valence-electron chi connectivity index (χ3n) is 3.70. The molecular formula is C15H13Cl2N7O3. The zero-order chi connectivity index (χ0) is 19.7.